The molecule has 0 bridgehead atoms. The predicted octanol–water partition coefficient (Wildman–Crippen LogP) is 2.18. The predicted molar refractivity (Wildman–Crippen MR) is 75.9 cm³/mol. The van der Waals surface area contributed by atoms with Gasteiger partial charge in [0.25, 0.3) is 0 Å². The van der Waals surface area contributed by atoms with Crippen LogP contribution in [0.3, 0.4) is 0 Å². The first-order valence-corrected chi connectivity index (χ1v) is 6.96. The molecule has 0 spiro atoms. The summed E-state index contributed by atoms with van der Waals surface area (Å²) in [6, 6.07) is 4.64. The number of hydrogen-bond acceptors (Lipinski definition) is 5. The van der Waals surface area contributed by atoms with Gasteiger partial charge in [-0.2, -0.15) is 4.98 Å². The average Bonchev–Trinajstić information content (AvgIpc) is 3.09. The third-order valence-electron chi connectivity index (χ3n) is 3.68. The number of carbonyl (C=O) groups excluding carboxylic acids is 1. The number of nitrogens with zero attached hydrogens (tertiary/aromatic N) is 3. The van der Waals surface area contributed by atoms with Crippen molar-refractivity contribution in [2.75, 3.05) is 18.6 Å². The van der Waals surface area contributed by atoms with E-state index in [0.717, 1.165) is 0 Å². The summed E-state index contributed by atoms with van der Waals surface area (Å²) in [4.78, 5) is 18.1. The van der Waals surface area contributed by atoms with E-state index in [4.69, 9.17) is 9.26 Å². The maximum absolute atomic E-state index is 13.4. The Morgan fingerprint density at radius 3 is 3.05 bits per heavy atom. The highest BCUT2D eigenvalue weighted by molar-refractivity contribution is 5.96. The van der Waals surface area contributed by atoms with E-state index in [2.05, 4.69) is 10.1 Å². The number of aryl methyl sites for hydroxylation is 1. The minimum atomic E-state index is -0.284. The Kier molecular flexibility index (Phi) is 3.89. The van der Waals surface area contributed by atoms with Gasteiger partial charge in [-0.15, -0.1) is 0 Å². The first-order chi connectivity index (χ1) is 10.6. The molecule has 116 valence electrons. The molecular weight excluding hydrogens is 289 g/mol. The van der Waals surface area contributed by atoms with Crippen LogP contribution in [0.4, 0.5) is 10.1 Å². The molecule has 0 saturated carbocycles. The van der Waals surface area contributed by atoms with Gasteiger partial charge in [-0.25, -0.2) is 4.39 Å². The van der Waals surface area contributed by atoms with Gasteiger partial charge in [0, 0.05) is 25.8 Å². The zero-order chi connectivity index (χ0) is 15.7. The van der Waals surface area contributed by atoms with E-state index in [-0.39, 0.29) is 24.2 Å². The third-order valence-corrected chi connectivity index (χ3v) is 3.68. The number of aromatic nitrogens is 2. The number of carbonyl (C=O) groups is 1. The summed E-state index contributed by atoms with van der Waals surface area (Å²) in [6.45, 7) is 2.38. The van der Waals surface area contributed by atoms with Gasteiger partial charge in [0.1, 0.15) is 12.4 Å². The first kappa shape index (κ1) is 14.6. The van der Waals surface area contributed by atoms with Crippen molar-refractivity contribution < 1.29 is 18.4 Å². The average molecular weight is 305 g/mol. The van der Waals surface area contributed by atoms with Crippen molar-refractivity contribution in [3.63, 3.8) is 0 Å². The van der Waals surface area contributed by atoms with Gasteiger partial charge in [0.05, 0.1) is 5.92 Å². The van der Waals surface area contributed by atoms with Crippen LogP contribution in [0.2, 0.25) is 0 Å². The summed E-state index contributed by atoms with van der Waals surface area (Å²) in [5.41, 5.74) is 1.19. The lowest BCUT2D eigenvalue weighted by molar-refractivity contribution is -0.117. The van der Waals surface area contributed by atoms with Gasteiger partial charge in [0.2, 0.25) is 11.8 Å². The van der Waals surface area contributed by atoms with Crippen LogP contribution in [-0.4, -0.2) is 29.7 Å². The Labute approximate surface area is 126 Å². The zero-order valence-electron chi connectivity index (χ0n) is 12.4. The zero-order valence-corrected chi connectivity index (χ0v) is 12.4. The van der Waals surface area contributed by atoms with Crippen LogP contribution in [0.1, 0.15) is 29.6 Å². The maximum atomic E-state index is 13.4. The molecule has 3 rings (SSSR count). The largest absolute Gasteiger partial charge is 0.377 e. The van der Waals surface area contributed by atoms with E-state index in [1.165, 1.54) is 6.07 Å². The summed E-state index contributed by atoms with van der Waals surface area (Å²) in [7, 11) is 1.55. The van der Waals surface area contributed by atoms with Crippen molar-refractivity contribution in [1.29, 1.82) is 0 Å². The number of halogens is 1. The van der Waals surface area contributed by atoms with Crippen LogP contribution in [0.25, 0.3) is 0 Å². The van der Waals surface area contributed by atoms with Crippen LogP contribution in [0.5, 0.6) is 0 Å². The molecule has 1 aromatic carbocycles. The number of methoxy groups -OCH3 is 1. The van der Waals surface area contributed by atoms with E-state index in [9.17, 15) is 9.18 Å². The quantitative estimate of drug-likeness (QED) is 0.866. The van der Waals surface area contributed by atoms with Crippen molar-refractivity contribution in [3.8, 4) is 0 Å². The number of benzene rings is 1. The summed E-state index contributed by atoms with van der Waals surface area (Å²) in [5.74, 6) is 0.411. The number of ether oxygens (including phenoxy) is 1. The monoisotopic (exact) mass is 305 g/mol. The molecule has 2 aromatic rings. The minimum Gasteiger partial charge on any atom is -0.377 e. The Morgan fingerprint density at radius 2 is 2.32 bits per heavy atom. The van der Waals surface area contributed by atoms with Gasteiger partial charge in [-0.1, -0.05) is 5.16 Å². The Bertz CT molecular complexity index is 701. The number of amides is 1. The fourth-order valence-corrected chi connectivity index (χ4v) is 2.54. The number of hydrogen-bond donors (Lipinski definition) is 0. The normalized spacial score (nSPS) is 18.2. The van der Waals surface area contributed by atoms with Crippen LogP contribution < -0.4 is 4.90 Å². The third kappa shape index (κ3) is 2.71. The SMILES string of the molecule is COCc1noc(C2CC(=O)N(c3ccc(F)c(C)c3)C2)n1. The highest BCUT2D eigenvalue weighted by Crippen LogP contribution is 2.31. The molecule has 6 nitrogen and oxygen atoms in total. The van der Waals surface area contributed by atoms with E-state index in [1.54, 1.807) is 31.1 Å². The van der Waals surface area contributed by atoms with E-state index < -0.39 is 0 Å². The topological polar surface area (TPSA) is 68.5 Å². The molecule has 0 radical (unpaired) electrons. The lowest BCUT2D eigenvalue weighted by Crippen LogP contribution is -2.24. The Morgan fingerprint density at radius 1 is 1.50 bits per heavy atom. The number of anilines is 1. The molecule has 22 heavy (non-hydrogen) atoms. The van der Waals surface area contributed by atoms with Crippen LogP contribution >= 0.6 is 0 Å². The van der Waals surface area contributed by atoms with Gasteiger partial charge in [0.15, 0.2) is 5.82 Å². The van der Waals surface area contributed by atoms with Crippen molar-refractivity contribution in [2.45, 2.75) is 25.9 Å². The summed E-state index contributed by atoms with van der Waals surface area (Å²) >= 11 is 0. The fourth-order valence-electron chi connectivity index (χ4n) is 2.54. The second-order valence-corrected chi connectivity index (χ2v) is 5.32. The molecule has 7 heteroatoms. The van der Waals surface area contributed by atoms with Crippen molar-refractivity contribution in [3.05, 3.63) is 41.3 Å². The molecule has 1 saturated heterocycles. The van der Waals surface area contributed by atoms with Crippen LogP contribution in [0.15, 0.2) is 22.7 Å². The molecule has 2 heterocycles. The van der Waals surface area contributed by atoms with Crippen molar-refractivity contribution in [2.24, 2.45) is 0 Å². The highest BCUT2D eigenvalue weighted by Gasteiger charge is 2.35. The maximum Gasteiger partial charge on any atom is 0.232 e. The molecule has 1 atom stereocenters. The van der Waals surface area contributed by atoms with Crippen LogP contribution in [-0.2, 0) is 16.1 Å². The smallest absolute Gasteiger partial charge is 0.232 e. The molecule has 0 N–H and O–H groups in total. The molecule has 1 fully saturated rings. The fraction of sp³-hybridized carbons (Fsp3) is 0.400. The van der Waals surface area contributed by atoms with Gasteiger partial charge < -0.3 is 14.2 Å². The summed E-state index contributed by atoms with van der Waals surface area (Å²) in [5, 5.41) is 3.81. The van der Waals surface area contributed by atoms with Crippen molar-refractivity contribution in [1.82, 2.24) is 10.1 Å². The Hall–Kier alpha value is -2.28. The minimum absolute atomic E-state index is 0.0394. The summed E-state index contributed by atoms with van der Waals surface area (Å²) in [6.07, 6.45) is 0.297. The Balaban J connectivity index is 1.78. The molecule has 1 aliphatic heterocycles. The lowest BCUT2D eigenvalue weighted by atomic mass is 10.1. The molecule has 1 unspecified atom stereocenters. The second-order valence-electron chi connectivity index (χ2n) is 5.32. The van der Waals surface area contributed by atoms with Crippen LogP contribution in [0, 0.1) is 12.7 Å². The number of rotatable bonds is 4. The van der Waals surface area contributed by atoms with Crippen molar-refractivity contribution >= 4 is 11.6 Å². The highest BCUT2D eigenvalue weighted by atomic mass is 19.1. The lowest BCUT2D eigenvalue weighted by Gasteiger charge is -2.16. The van der Waals surface area contributed by atoms with E-state index >= 15 is 0 Å². The standard InChI is InChI=1S/C15H16FN3O3/c1-9-5-11(3-4-12(9)16)19-7-10(6-14(19)20)15-17-13(8-21-2)18-22-15/h3-5,10H,6-8H2,1-2H3. The van der Waals surface area contributed by atoms with Gasteiger partial charge in [-0.05, 0) is 30.7 Å². The summed E-state index contributed by atoms with van der Waals surface area (Å²) < 4.78 is 23.5. The molecule has 1 aromatic heterocycles. The second kappa shape index (κ2) is 5.84. The van der Waals surface area contributed by atoms with Gasteiger partial charge in [-0.3, -0.25) is 4.79 Å². The first-order valence-electron chi connectivity index (χ1n) is 6.96. The van der Waals surface area contributed by atoms with E-state index in [0.29, 0.717) is 35.9 Å². The molecule has 1 amide bonds. The van der Waals surface area contributed by atoms with E-state index in [1.807, 2.05) is 0 Å². The molecule has 1 aliphatic rings. The molecule has 0 aliphatic carbocycles. The molecular formula is C15H16FN3O3. The van der Waals surface area contributed by atoms with Gasteiger partial charge >= 0.3 is 0 Å².